The number of anilines is 1. The molecule has 7 nitrogen and oxygen atoms in total. The van der Waals surface area contributed by atoms with E-state index in [9.17, 15) is 9.59 Å². The number of benzene rings is 1. The van der Waals surface area contributed by atoms with E-state index < -0.39 is 5.79 Å². The Balaban J connectivity index is 1.40. The van der Waals surface area contributed by atoms with Gasteiger partial charge in [-0.1, -0.05) is 11.6 Å². The average Bonchev–Trinajstić information content (AvgIpc) is 3.29. The van der Waals surface area contributed by atoms with Crippen LogP contribution in [0.25, 0.3) is 0 Å². The van der Waals surface area contributed by atoms with Gasteiger partial charge in [0.15, 0.2) is 5.79 Å². The smallest absolute Gasteiger partial charge is 0.228 e. The molecule has 1 unspecified atom stereocenters. The summed E-state index contributed by atoms with van der Waals surface area (Å²) < 4.78 is 16.6. The van der Waals surface area contributed by atoms with Crippen LogP contribution in [0.4, 0.5) is 5.69 Å². The standard InChI is InChI=1S/C19H23ClN2O5/c1-25-16-3-2-14(11-15(16)20)22-12-13(10-17(22)23)18(24)21-6-4-19(5-7-21)26-8-9-27-19/h2-3,11,13H,4-10,12H2,1H3. The summed E-state index contributed by atoms with van der Waals surface area (Å²) in [5.74, 6) is -0.325. The SMILES string of the molecule is COc1ccc(N2CC(C(=O)N3CCC4(CC3)OCCO4)CC2=O)cc1Cl. The lowest BCUT2D eigenvalue weighted by Crippen LogP contribution is -2.49. The molecule has 0 N–H and O–H groups in total. The highest BCUT2D eigenvalue weighted by molar-refractivity contribution is 6.32. The zero-order chi connectivity index (χ0) is 19.0. The van der Waals surface area contributed by atoms with Crippen LogP contribution in [0, 0.1) is 5.92 Å². The first-order valence-corrected chi connectivity index (χ1v) is 9.60. The maximum atomic E-state index is 12.9. The van der Waals surface area contributed by atoms with Crippen molar-refractivity contribution in [2.75, 3.05) is 44.9 Å². The van der Waals surface area contributed by atoms with Crippen molar-refractivity contribution < 1.29 is 23.8 Å². The van der Waals surface area contributed by atoms with Crippen LogP contribution >= 0.6 is 11.6 Å². The van der Waals surface area contributed by atoms with E-state index in [1.165, 1.54) is 0 Å². The van der Waals surface area contributed by atoms with Crippen molar-refractivity contribution in [1.82, 2.24) is 4.90 Å². The lowest BCUT2D eigenvalue weighted by molar-refractivity contribution is -0.188. The van der Waals surface area contributed by atoms with E-state index in [0.717, 1.165) is 0 Å². The van der Waals surface area contributed by atoms with E-state index in [4.69, 9.17) is 25.8 Å². The van der Waals surface area contributed by atoms with Crippen LogP contribution < -0.4 is 9.64 Å². The monoisotopic (exact) mass is 394 g/mol. The van der Waals surface area contributed by atoms with E-state index >= 15 is 0 Å². The minimum Gasteiger partial charge on any atom is -0.495 e. The van der Waals surface area contributed by atoms with E-state index in [0.29, 0.717) is 62.1 Å². The fourth-order valence-electron chi connectivity index (χ4n) is 4.06. The summed E-state index contributed by atoms with van der Waals surface area (Å²) in [7, 11) is 1.54. The molecule has 8 heteroatoms. The number of piperidine rings is 1. The summed E-state index contributed by atoms with van der Waals surface area (Å²) in [6.45, 7) is 2.79. The summed E-state index contributed by atoms with van der Waals surface area (Å²) in [5, 5.41) is 0.440. The Hall–Kier alpha value is -1.83. The number of amides is 2. The van der Waals surface area contributed by atoms with Crippen molar-refractivity contribution in [2.24, 2.45) is 5.92 Å². The molecule has 0 aromatic heterocycles. The maximum Gasteiger partial charge on any atom is 0.228 e. The Kier molecular flexibility index (Phi) is 5.01. The summed E-state index contributed by atoms with van der Waals surface area (Å²) in [6.07, 6.45) is 1.57. The van der Waals surface area contributed by atoms with Gasteiger partial charge in [0.05, 0.1) is 31.3 Å². The third kappa shape index (κ3) is 3.51. The summed E-state index contributed by atoms with van der Waals surface area (Å²) in [6, 6.07) is 5.21. The number of nitrogens with zero attached hydrogens (tertiary/aromatic N) is 2. The average molecular weight is 395 g/mol. The normalized spacial score (nSPS) is 24.7. The van der Waals surface area contributed by atoms with Crippen LogP contribution in [0.1, 0.15) is 19.3 Å². The van der Waals surface area contributed by atoms with Gasteiger partial charge >= 0.3 is 0 Å². The van der Waals surface area contributed by atoms with Gasteiger partial charge < -0.3 is 24.0 Å². The van der Waals surface area contributed by atoms with E-state index in [1.54, 1.807) is 30.2 Å². The third-order valence-corrected chi connectivity index (χ3v) is 5.87. The molecule has 3 aliphatic heterocycles. The lowest BCUT2D eigenvalue weighted by atomic mass is 10.0. The van der Waals surface area contributed by atoms with Crippen molar-refractivity contribution >= 4 is 29.1 Å². The van der Waals surface area contributed by atoms with Gasteiger partial charge in [-0.3, -0.25) is 9.59 Å². The number of hydrogen-bond acceptors (Lipinski definition) is 5. The summed E-state index contributed by atoms with van der Waals surface area (Å²) in [5.41, 5.74) is 0.687. The molecule has 27 heavy (non-hydrogen) atoms. The first-order chi connectivity index (χ1) is 13.0. The molecule has 3 aliphatic rings. The molecule has 146 valence electrons. The molecule has 3 heterocycles. The number of rotatable bonds is 3. The molecule has 3 fully saturated rings. The molecule has 1 atom stereocenters. The molecular weight excluding hydrogens is 372 g/mol. The maximum absolute atomic E-state index is 12.9. The molecule has 0 aliphatic carbocycles. The molecule has 1 spiro atoms. The highest BCUT2D eigenvalue weighted by atomic mass is 35.5. The first-order valence-electron chi connectivity index (χ1n) is 9.22. The predicted molar refractivity (Wildman–Crippen MR) is 98.9 cm³/mol. The molecule has 2 amide bonds. The largest absolute Gasteiger partial charge is 0.495 e. The number of hydrogen-bond donors (Lipinski definition) is 0. The van der Waals surface area contributed by atoms with Crippen molar-refractivity contribution in [3.05, 3.63) is 23.2 Å². The van der Waals surface area contributed by atoms with Crippen LogP contribution in [0.2, 0.25) is 5.02 Å². The van der Waals surface area contributed by atoms with Gasteiger partial charge in [-0.05, 0) is 18.2 Å². The van der Waals surface area contributed by atoms with E-state index in [1.807, 2.05) is 4.90 Å². The van der Waals surface area contributed by atoms with Crippen molar-refractivity contribution in [3.8, 4) is 5.75 Å². The fourth-order valence-corrected chi connectivity index (χ4v) is 4.31. The van der Waals surface area contributed by atoms with Crippen molar-refractivity contribution in [1.29, 1.82) is 0 Å². The molecule has 0 bridgehead atoms. The minimum absolute atomic E-state index is 0.0262. The topological polar surface area (TPSA) is 68.3 Å². The molecule has 1 aromatic rings. The Morgan fingerprint density at radius 1 is 1.26 bits per heavy atom. The van der Waals surface area contributed by atoms with Gasteiger partial charge in [0.2, 0.25) is 11.8 Å². The van der Waals surface area contributed by atoms with Gasteiger partial charge in [-0.15, -0.1) is 0 Å². The zero-order valence-electron chi connectivity index (χ0n) is 15.3. The van der Waals surface area contributed by atoms with Crippen molar-refractivity contribution in [3.63, 3.8) is 0 Å². The number of methoxy groups -OCH3 is 1. The van der Waals surface area contributed by atoms with Crippen LogP contribution in [0.5, 0.6) is 5.75 Å². The number of ether oxygens (including phenoxy) is 3. The second-order valence-electron chi connectivity index (χ2n) is 7.16. The second-order valence-corrected chi connectivity index (χ2v) is 7.56. The van der Waals surface area contributed by atoms with Gasteiger partial charge in [0, 0.05) is 44.6 Å². The molecule has 1 aromatic carbocycles. The van der Waals surface area contributed by atoms with E-state index in [-0.39, 0.29) is 24.2 Å². The molecule has 4 rings (SSSR count). The molecule has 0 radical (unpaired) electrons. The summed E-state index contributed by atoms with van der Waals surface area (Å²) in [4.78, 5) is 28.9. The summed E-state index contributed by atoms with van der Waals surface area (Å²) >= 11 is 6.17. The Morgan fingerprint density at radius 3 is 2.59 bits per heavy atom. The highest BCUT2D eigenvalue weighted by Gasteiger charge is 2.43. The fraction of sp³-hybridized carbons (Fsp3) is 0.579. The van der Waals surface area contributed by atoms with Gasteiger partial charge in [0.25, 0.3) is 0 Å². The van der Waals surface area contributed by atoms with Crippen LogP contribution in [0.15, 0.2) is 18.2 Å². The number of halogens is 1. The van der Waals surface area contributed by atoms with Gasteiger partial charge in [0.1, 0.15) is 5.75 Å². The first kappa shape index (κ1) is 18.5. The predicted octanol–water partition coefficient (Wildman–Crippen LogP) is 2.07. The Labute approximate surface area is 163 Å². The highest BCUT2D eigenvalue weighted by Crippen LogP contribution is 2.35. The number of carbonyl (C=O) groups is 2. The van der Waals surface area contributed by atoms with E-state index in [2.05, 4.69) is 0 Å². The molecular formula is C19H23ClN2O5. The third-order valence-electron chi connectivity index (χ3n) is 5.57. The van der Waals surface area contributed by atoms with Crippen LogP contribution in [0.3, 0.4) is 0 Å². The number of carbonyl (C=O) groups excluding carboxylic acids is 2. The quantitative estimate of drug-likeness (QED) is 0.785. The van der Waals surface area contributed by atoms with Crippen molar-refractivity contribution in [2.45, 2.75) is 25.0 Å². The lowest BCUT2D eigenvalue weighted by Gasteiger charge is -2.38. The molecule has 3 saturated heterocycles. The Morgan fingerprint density at radius 2 is 1.96 bits per heavy atom. The zero-order valence-corrected chi connectivity index (χ0v) is 16.0. The van der Waals surface area contributed by atoms with Crippen LogP contribution in [-0.2, 0) is 19.1 Å². The molecule has 0 saturated carbocycles. The minimum atomic E-state index is -0.506. The second kappa shape index (κ2) is 7.30. The van der Waals surface area contributed by atoms with Gasteiger partial charge in [-0.2, -0.15) is 0 Å². The van der Waals surface area contributed by atoms with Gasteiger partial charge in [-0.25, -0.2) is 0 Å². The number of likely N-dealkylation sites (tertiary alicyclic amines) is 1. The Bertz CT molecular complexity index is 740. The van der Waals surface area contributed by atoms with Crippen LogP contribution in [-0.4, -0.2) is 62.5 Å².